The van der Waals surface area contributed by atoms with Gasteiger partial charge in [-0.25, -0.2) is 0 Å². The molecule has 1 aromatic rings. The van der Waals surface area contributed by atoms with Crippen molar-refractivity contribution in [3.8, 4) is 11.8 Å². The van der Waals surface area contributed by atoms with Crippen molar-refractivity contribution < 1.29 is 9.53 Å². The average Bonchev–Trinajstić information content (AvgIpc) is 2.98. The highest BCUT2D eigenvalue weighted by molar-refractivity contribution is 5.95. The smallest absolute Gasteiger partial charge is 0.241 e. The molecular weight excluding hydrogens is 254 g/mol. The van der Waals surface area contributed by atoms with Crippen LogP contribution in [-0.4, -0.2) is 25.1 Å². The lowest BCUT2D eigenvalue weighted by atomic mass is 10.2. The number of anilines is 1. The molecule has 1 heterocycles. The van der Waals surface area contributed by atoms with Crippen molar-refractivity contribution in [1.82, 2.24) is 5.32 Å². The topological polar surface area (TPSA) is 74.1 Å². The Morgan fingerprint density at radius 1 is 1.55 bits per heavy atom. The van der Waals surface area contributed by atoms with Crippen LogP contribution in [0.3, 0.4) is 0 Å². The first-order valence-electron chi connectivity index (χ1n) is 6.93. The molecule has 0 aliphatic carbocycles. The molecule has 0 unspecified atom stereocenters. The predicted molar refractivity (Wildman–Crippen MR) is 76.4 cm³/mol. The second-order valence-electron chi connectivity index (χ2n) is 4.78. The minimum Gasteiger partial charge on any atom is -0.493 e. The summed E-state index contributed by atoms with van der Waals surface area (Å²) in [5.41, 5.74) is 0.737. The number of hydrogen-bond donors (Lipinski definition) is 2. The van der Waals surface area contributed by atoms with Crippen molar-refractivity contribution in [3.63, 3.8) is 0 Å². The number of carbonyl (C=O) groups is 1. The summed E-state index contributed by atoms with van der Waals surface area (Å²) in [4.78, 5) is 12.0. The Labute approximate surface area is 118 Å². The number of nitrogens with one attached hydrogen (secondary N) is 2. The maximum atomic E-state index is 12.0. The maximum absolute atomic E-state index is 12.0. The minimum atomic E-state index is -0.0878. The van der Waals surface area contributed by atoms with E-state index in [1.807, 2.05) is 18.2 Å². The highest BCUT2D eigenvalue weighted by atomic mass is 16.5. The standard InChI is InChI=1S/C15H19N3O2/c16-8-1-2-10-20-13-6-3-5-12(11-13)18-15(19)14-7-4-9-17-14/h3,5-6,11,14,17H,1-2,4,7,9-10H2,(H,18,19)/t14-/m0/s1. The largest absolute Gasteiger partial charge is 0.493 e. The van der Waals surface area contributed by atoms with Gasteiger partial charge in [-0.15, -0.1) is 0 Å². The van der Waals surface area contributed by atoms with E-state index in [0.717, 1.165) is 25.1 Å². The van der Waals surface area contributed by atoms with E-state index >= 15 is 0 Å². The Bertz CT molecular complexity index is 490. The van der Waals surface area contributed by atoms with Gasteiger partial charge < -0.3 is 15.4 Å². The highest BCUT2D eigenvalue weighted by Gasteiger charge is 2.21. The van der Waals surface area contributed by atoms with Crippen molar-refractivity contribution in [2.45, 2.75) is 31.7 Å². The summed E-state index contributed by atoms with van der Waals surface area (Å²) in [6, 6.07) is 9.33. The number of hydrogen-bond acceptors (Lipinski definition) is 4. The third kappa shape index (κ3) is 4.25. The summed E-state index contributed by atoms with van der Waals surface area (Å²) < 4.78 is 5.54. The number of carbonyl (C=O) groups excluding carboxylic acids is 1. The van der Waals surface area contributed by atoms with Crippen LogP contribution >= 0.6 is 0 Å². The van der Waals surface area contributed by atoms with E-state index < -0.39 is 0 Å². The van der Waals surface area contributed by atoms with Gasteiger partial charge in [-0.2, -0.15) is 5.26 Å². The fourth-order valence-corrected chi connectivity index (χ4v) is 2.14. The van der Waals surface area contributed by atoms with Crippen LogP contribution in [0.5, 0.6) is 5.75 Å². The normalized spacial score (nSPS) is 17.4. The number of unbranched alkanes of at least 4 members (excludes halogenated alkanes) is 1. The van der Waals surface area contributed by atoms with Gasteiger partial charge in [0.15, 0.2) is 0 Å². The zero-order valence-electron chi connectivity index (χ0n) is 11.4. The van der Waals surface area contributed by atoms with Gasteiger partial charge in [-0.05, 0) is 37.9 Å². The lowest BCUT2D eigenvalue weighted by molar-refractivity contribution is -0.117. The molecule has 0 aromatic heterocycles. The first kappa shape index (κ1) is 14.4. The number of benzene rings is 1. The second kappa shape index (κ2) is 7.51. The van der Waals surface area contributed by atoms with Gasteiger partial charge in [-0.3, -0.25) is 4.79 Å². The molecule has 2 rings (SSSR count). The summed E-state index contributed by atoms with van der Waals surface area (Å²) in [5.74, 6) is 0.712. The van der Waals surface area contributed by atoms with E-state index in [1.54, 1.807) is 6.07 Å². The fourth-order valence-electron chi connectivity index (χ4n) is 2.14. The van der Waals surface area contributed by atoms with Gasteiger partial charge in [0.1, 0.15) is 5.75 Å². The number of amides is 1. The van der Waals surface area contributed by atoms with Crippen molar-refractivity contribution in [2.24, 2.45) is 0 Å². The van der Waals surface area contributed by atoms with Crippen LogP contribution in [0.25, 0.3) is 0 Å². The van der Waals surface area contributed by atoms with Crippen LogP contribution in [-0.2, 0) is 4.79 Å². The quantitative estimate of drug-likeness (QED) is 0.778. The molecule has 0 saturated carbocycles. The molecule has 1 fully saturated rings. The average molecular weight is 273 g/mol. The van der Waals surface area contributed by atoms with Crippen molar-refractivity contribution >= 4 is 11.6 Å². The lowest BCUT2D eigenvalue weighted by Gasteiger charge is -2.12. The second-order valence-corrected chi connectivity index (χ2v) is 4.78. The molecule has 5 heteroatoms. The molecule has 0 bridgehead atoms. The summed E-state index contributed by atoms with van der Waals surface area (Å²) in [6.07, 6.45) is 3.12. The molecule has 20 heavy (non-hydrogen) atoms. The fraction of sp³-hybridized carbons (Fsp3) is 0.467. The molecule has 106 valence electrons. The zero-order chi connectivity index (χ0) is 14.2. The number of rotatable bonds is 6. The Hall–Kier alpha value is -2.06. The van der Waals surface area contributed by atoms with E-state index in [9.17, 15) is 4.79 Å². The third-order valence-electron chi connectivity index (χ3n) is 3.18. The van der Waals surface area contributed by atoms with Crippen LogP contribution in [0, 0.1) is 11.3 Å². The van der Waals surface area contributed by atoms with Crippen LogP contribution in [0.2, 0.25) is 0 Å². The Balaban J connectivity index is 1.85. The summed E-state index contributed by atoms with van der Waals surface area (Å²) in [7, 11) is 0. The molecular formula is C15H19N3O2. The zero-order valence-corrected chi connectivity index (χ0v) is 11.4. The van der Waals surface area contributed by atoms with E-state index in [2.05, 4.69) is 16.7 Å². The van der Waals surface area contributed by atoms with Gasteiger partial charge in [-0.1, -0.05) is 6.07 Å². The van der Waals surface area contributed by atoms with Crippen molar-refractivity contribution in [2.75, 3.05) is 18.5 Å². The lowest BCUT2D eigenvalue weighted by Crippen LogP contribution is -2.35. The van der Waals surface area contributed by atoms with Gasteiger partial charge in [0.25, 0.3) is 0 Å². The van der Waals surface area contributed by atoms with E-state index in [4.69, 9.17) is 10.00 Å². The van der Waals surface area contributed by atoms with E-state index in [0.29, 0.717) is 25.2 Å². The molecule has 1 atom stereocenters. The molecule has 1 saturated heterocycles. The molecule has 1 aliphatic rings. The minimum absolute atomic E-state index is 0.00382. The van der Waals surface area contributed by atoms with Gasteiger partial charge >= 0.3 is 0 Å². The summed E-state index contributed by atoms with van der Waals surface area (Å²) >= 11 is 0. The van der Waals surface area contributed by atoms with Crippen molar-refractivity contribution in [1.29, 1.82) is 5.26 Å². The number of ether oxygens (including phenoxy) is 1. The van der Waals surface area contributed by atoms with Crippen LogP contribution in [0.15, 0.2) is 24.3 Å². The Morgan fingerprint density at radius 2 is 2.45 bits per heavy atom. The van der Waals surface area contributed by atoms with E-state index in [1.165, 1.54) is 0 Å². The number of nitriles is 1. The van der Waals surface area contributed by atoms with Crippen molar-refractivity contribution in [3.05, 3.63) is 24.3 Å². The summed E-state index contributed by atoms with van der Waals surface area (Å²) in [6.45, 7) is 1.41. The van der Waals surface area contributed by atoms with E-state index in [-0.39, 0.29) is 11.9 Å². The third-order valence-corrected chi connectivity index (χ3v) is 3.18. The maximum Gasteiger partial charge on any atom is 0.241 e. The highest BCUT2D eigenvalue weighted by Crippen LogP contribution is 2.18. The number of nitrogens with zero attached hydrogens (tertiary/aromatic N) is 1. The van der Waals surface area contributed by atoms with Gasteiger partial charge in [0.05, 0.1) is 18.7 Å². The van der Waals surface area contributed by atoms with Crippen LogP contribution in [0.1, 0.15) is 25.7 Å². The molecule has 1 aromatic carbocycles. The first-order valence-corrected chi connectivity index (χ1v) is 6.93. The molecule has 0 radical (unpaired) electrons. The molecule has 0 spiro atoms. The van der Waals surface area contributed by atoms with Gasteiger partial charge in [0.2, 0.25) is 5.91 Å². The molecule has 5 nitrogen and oxygen atoms in total. The Morgan fingerprint density at radius 3 is 3.20 bits per heavy atom. The molecule has 1 aliphatic heterocycles. The van der Waals surface area contributed by atoms with Crippen LogP contribution < -0.4 is 15.4 Å². The van der Waals surface area contributed by atoms with Gasteiger partial charge in [0, 0.05) is 18.2 Å². The predicted octanol–water partition coefficient (Wildman–Crippen LogP) is 2.06. The Kier molecular flexibility index (Phi) is 5.39. The SMILES string of the molecule is N#CCCCOc1cccc(NC(=O)[C@@H]2CCCN2)c1. The molecule has 2 N–H and O–H groups in total. The summed E-state index contributed by atoms with van der Waals surface area (Å²) in [5, 5.41) is 14.5. The van der Waals surface area contributed by atoms with Crippen LogP contribution in [0.4, 0.5) is 5.69 Å². The first-order chi connectivity index (χ1) is 9.79. The molecule has 1 amide bonds. The monoisotopic (exact) mass is 273 g/mol.